The van der Waals surface area contributed by atoms with Crippen molar-refractivity contribution in [1.82, 2.24) is 4.72 Å². The topological polar surface area (TPSA) is 46.2 Å². The molecule has 0 saturated carbocycles. The van der Waals surface area contributed by atoms with Gasteiger partial charge in [0, 0.05) is 6.54 Å². The van der Waals surface area contributed by atoms with Crippen molar-refractivity contribution in [2.24, 2.45) is 5.92 Å². The largest absolute Gasteiger partial charge is 0.240 e. The zero-order chi connectivity index (χ0) is 15.9. The van der Waals surface area contributed by atoms with Crippen LogP contribution in [0.25, 0.3) is 0 Å². The molecule has 1 aromatic carbocycles. The predicted molar refractivity (Wildman–Crippen MR) is 87.7 cm³/mol. The van der Waals surface area contributed by atoms with E-state index in [0.29, 0.717) is 11.4 Å². The van der Waals surface area contributed by atoms with Crippen LogP contribution < -0.4 is 4.72 Å². The van der Waals surface area contributed by atoms with Gasteiger partial charge in [0.25, 0.3) is 0 Å². The standard InChI is InChI=1S/C17H25NO2S/c1-5-7-8-16(6-2)15(4)13-18-21(19,20)17-11-9-14(3)10-12-17/h9-12,15,18H,2,5,7-8,13H2,1,3-4H3. The van der Waals surface area contributed by atoms with Gasteiger partial charge in [-0.2, -0.15) is 0 Å². The van der Waals surface area contributed by atoms with E-state index in [9.17, 15) is 8.42 Å². The molecule has 1 atom stereocenters. The fourth-order valence-electron chi connectivity index (χ4n) is 2.03. The summed E-state index contributed by atoms with van der Waals surface area (Å²) in [6.07, 6.45) is 3.10. The van der Waals surface area contributed by atoms with E-state index >= 15 is 0 Å². The molecular weight excluding hydrogens is 282 g/mol. The maximum absolute atomic E-state index is 12.2. The lowest BCUT2D eigenvalue weighted by atomic mass is 9.97. The Hall–Kier alpha value is -1.35. The lowest BCUT2D eigenvalue weighted by molar-refractivity contribution is 0.559. The van der Waals surface area contributed by atoms with Gasteiger partial charge in [-0.05, 0) is 43.4 Å². The van der Waals surface area contributed by atoms with E-state index in [1.165, 1.54) is 0 Å². The molecule has 0 aliphatic carbocycles. The number of nitrogens with one attached hydrogen (secondary N) is 1. The quantitative estimate of drug-likeness (QED) is 0.742. The van der Waals surface area contributed by atoms with Crippen molar-refractivity contribution in [2.75, 3.05) is 6.54 Å². The summed E-state index contributed by atoms with van der Waals surface area (Å²) in [5.41, 5.74) is 5.08. The number of hydrogen-bond acceptors (Lipinski definition) is 2. The normalized spacial score (nSPS) is 12.7. The maximum Gasteiger partial charge on any atom is 0.240 e. The Bertz CT molecular complexity index is 596. The van der Waals surface area contributed by atoms with Crippen molar-refractivity contribution in [3.63, 3.8) is 0 Å². The number of benzene rings is 1. The molecule has 0 heterocycles. The minimum absolute atomic E-state index is 0.106. The first-order chi connectivity index (χ1) is 9.90. The highest BCUT2D eigenvalue weighted by Crippen LogP contribution is 2.17. The molecule has 0 amide bonds. The van der Waals surface area contributed by atoms with Gasteiger partial charge in [0.15, 0.2) is 0 Å². The van der Waals surface area contributed by atoms with Gasteiger partial charge < -0.3 is 0 Å². The second-order valence-electron chi connectivity index (χ2n) is 5.37. The Morgan fingerprint density at radius 1 is 1.33 bits per heavy atom. The molecule has 0 bridgehead atoms. The summed E-state index contributed by atoms with van der Waals surface area (Å²) in [6, 6.07) is 6.86. The Morgan fingerprint density at radius 3 is 2.48 bits per heavy atom. The van der Waals surface area contributed by atoms with Crippen molar-refractivity contribution >= 4 is 10.0 Å². The molecular formula is C17H25NO2S. The Kier molecular flexibility index (Phi) is 6.90. The van der Waals surface area contributed by atoms with Crippen molar-refractivity contribution in [3.8, 4) is 0 Å². The summed E-state index contributed by atoms with van der Waals surface area (Å²) in [5, 5.41) is 0. The van der Waals surface area contributed by atoms with Crippen molar-refractivity contribution < 1.29 is 8.42 Å². The molecule has 0 fully saturated rings. The highest BCUT2D eigenvalue weighted by Gasteiger charge is 2.16. The van der Waals surface area contributed by atoms with E-state index in [4.69, 9.17) is 0 Å². The summed E-state index contributed by atoms with van der Waals surface area (Å²) in [4.78, 5) is 0.304. The summed E-state index contributed by atoms with van der Waals surface area (Å²) >= 11 is 0. The highest BCUT2D eigenvalue weighted by atomic mass is 32.2. The van der Waals surface area contributed by atoms with Gasteiger partial charge in [-0.3, -0.25) is 0 Å². The van der Waals surface area contributed by atoms with Gasteiger partial charge in [-0.25, -0.2) is 13.1 Å². The van der Waals surface area contributed by atoms with Crippen LogP contribution in [0.5, 0.6) is 0 Å². The number of unbranched alkanes of at least 4 members (excludes halogenated alkanes) is 1. The third-order valence-electron chi connectivity index (χ3n) is 3.53. The van der Waals surface area contributed by atoms with E-state index < -0.39 is 10.0 Å². The summed E-state index contributed by atoms with van der Waals surface area (Å²) in [7, 11) is -3.45. The summed E-state index contributed by atoms with van der Waals surface area (Å²) in [5.74, 6) is 0.106. The fourth-order valence-corrected chi connectivity index (χ4v) is 3.17. The third-order valence-corrected chi connectivity index (χ3v) is 4.97. The predicted octanol–water partition coefficient (Wildman–Crippen LogP) is 3.81. The van der Waals surface area contributed by atoms with Crippen LogP contribution in [0.4, 0.5) is 0 Å². The van der Waals surface area contributed by atoms with Crippen LogP contribution in [-0.4, -0.2) is 15.0 Å². The smallest absolute Gasteiger partial charge is 0.211 e. The molecule has 1 N–H and O–H groups in total. The number of rotatable bonds is 8. The molecule has 21 heavy (non-hydrogen) atoms. The van der Waals surface area contributed by atoms with Crippen molar-refractivity contribution in [2.45, 2.75) is 44.9 Å². The molecule has 116 valence electrons. The van der Waals surface area contributed by atoms with Crippen LogP contribution in [-0.2, 0) is 10.0 Å². The van der Waals surface area contributed by atoms with Crippen LogP contribution in [0.15, 0.2) is 47.0 Å². The third kappa shape index (κ3) is 5.50. The fraction of sp³-hybridized carbons (Fsp3) is 0.471. The summed E-state index contributed by atoms with van der Waals surface area (Å²) in [6.45, 7) is 10.1. The average molecular weight is 307 g/mol. The maximum atomic E-state index is 12.2. The van der Waals surface area contributed by atoms with E-state index in [1.807, 2.05) is 13.8 Å². The molecule has 0 radical (unpaired) electrons. The average Bonchev–Trinajstić information content (AvgIpc) is 2.46. The Balaban J connectivity index is 2.68. The number of aryl methyl sites for hydroxylation is 1. The van der Waals surface area contributed by atoms with E-state index in [2.05, 4.69) is 24.0 Å². The first kappa shape index (κ1) is 17.7. The monoisotopic (exact) mass is 307 g/mol. The van der Waals surface area contributed by atoms with E-state index in [1.54, 1.807) is 24.3 Å². The van der Waals surface area contributed by atoms with Crippen LogP contribution in [0.2, 0.25) is 0 Å². The first-order valence-corrected chi connectivity index (χ1v) is 8.84. The van der Waals surface area contributed by atoms with Gasteiger partial charge in [0.2, 0.25) is 10.0 Å². The lowest BCUT2D eigenvalue weighted by Gasteiger charge is -2.15. The lowest BCUT2D eigenvalue weighted by Crippen LogP contribution is -2.29. The highest BCUT2D eigenvalue weighted by molar-refractivity contribution is 7.89. The van der Waals surface area contributed by atoms with Gasteiger partial charge in [0.1, 0.15) is 0 Å². The Labute approximate surface area is 128 Å². The van der Waals surface area contributed by atoms with Gasteiger partial charge in [-0.15, -0.1) is 5.73 Å². The zero-order valence-corrected chi connectivity index (χ0v) is 14.0. The van der Waals surface area contributed by atoms with E-state index in [0.717, 1.165) is 30.4 Å². The van der Waals surface area contributed by atoms with Crippen molar-refractivity contribution in [1.29, 1.82) is 0 Å². The molecule has 0 aliphatic rings. The van der Waals surface area contributed by atoms with Gasteiger partial charge >= 0.3 is 0 Å². The SMILES string of the molecule is C=C=C(CCCC)C(C)CNS(=O)(=O)c1ccc(C)cc1. The number of sulfonamides is 1. The second kappa shape index (κ2) is 8.18. The molecule has 0 aromatic heterocycles. The van der Waals surface area contributed by atoms with Crippen LogP contribution in [0.1, 0.15) is 38.7 Å². The molecule has 3 nitrogen and oxygen atoms in total. The van der Waals surface area contributed by atoms with Gasteiger partial charge in [0.05, 0.1) is 4.90 Å². The molecule has 0 spiro atoms. The molecule has 0 aliphatic heterocycles. The second-order valence-corrected chi connectivity index (χ2v) is 7.14. The van der Waals surface area contributed by atoms with Crippen LogP contribution in [0.3, 0.4) is 0 Å². The molecule has 0 saturated heterocycles. The minimum Gasteiger partial charge on any atom is -0.211 e. The molecule has 1 aromatic rings. The molecule has 1 rings (SSSR count). The van der Waals surface area contributed by atoms with Crippen molar-refractivity contribution in [3.05, 3.63) is 47.7 Å². The zero-order valence-electron chi connectivity index (χ0n) is 13.1. The molecule has 1 unspecified atom stereocenters. The van der Waals surface area contributed by atoms with Crippen LogP contribution >= 0.6 is 0 Å². The van der Waals surface area contributed by atoms with Gasteiger partial charge in [-0.1, -0.05) is 44.5 Å². The molecule has 4 heteroatoms. The van der Waals surface area contributed by atoms with Crippen LogP contribution in [0, 0.1) is 12.8 Å². The van der Waals surface area contributed by atoms with E-state index in [-0.39, 0.29) is 5.92 Å². The number of hydrogen-bond donors (Lipinski definition) is 1. The summed E-state index contributed by atoms with van der Waals surface area (Å²) < 4.78 is 27.1. The Morgan fingerprint density at radius 2 is 1.95 bits per heavy atom. The first-order valence-electron chi connectivity index (χ1n) is 7.35. The minimum atomic E-state index is -3.45.